The van der Waals surface area contributed by atoms with Crippen LogP contribution in [0.25, 0.3) is 0 Å². The summed E-state index contributed by atoms with van der Waals surface area (Å²) in [6, 6.07) is 11.9. The minimum absolute atomic E-state index is 0.501. The zero-order valence-electron chi connectivity index (χ0n) is 11.1. The Hall–Kier alpha value is -1.43. The SMILES string of the molecule is NC(=S)Cc1ccc(OCCOCc2cccs2)cc1. The van der Waals surface area contributed by atoms with E-state index in [2.05, 4.69) is 6.07 Å². The molecule has 3 nitrogen and oxygen atoms in total. The Bertz CT molecular complexity index is 523. The molecule has 20 heavy (non-hydrogen) atoms. The molecule has 0 atom stereocenters. The average molecular weight is 307 g/mol. The maximum atomic E-state index is 5.60. The van der Waals surface area contributed by atoms with Gasteiger partial charge < -0.3 is 15.2 Å². The fourth-order valence-electron chi connectivity index (χ4n) is 1.69. The highest BCUT2D eigenvalue weighted by Crippen LogP contribution is 2.13. The van der Waals surface area contributed by atoms with Crippen LogP contribution in [0.5, 0.6) is 5.75 Å². The van der Waals surface area contributed by atoms with Crippen molar-refractivity contribution in [2.24, 2.45) is 5.73 Å². The lowest BCUT2D eigenvalue weighted by Gasteiger charge is -2.07. The molecule has 1 heterocycles. The maximum absolute atomic E-state index is 5.60. The molecule has 0 radical (unpaired) electrons. The van der Waals surface area contributed by atoms with E-state index in [1.165, 1.54) is 4.88 Å². The van der Waals surface area contributed by atoms with Crippen molar-refractivity contribution in [3.63, 3.8) is 0 Å². The Labute approximate surface area is 128 Å². The molecule has 0 aliphatic rings. The lowest BCUT2D eigenvalue weighted by atomic mass is 10.1. The van der Waals surface area contributed by atoms with Gasteiger partial charge in [0.1, 0.15) is 12.4 Å². The van der Waals surface area contributed by atoms with Crippen molar-refractivity contribution in [2.45, 2.75) is 13.0 Å². The average Bonchev–Trinajstić information content (AvgIpc) is 2.93. The summed E-state index contributed by atoms with van der Waals surface area (Å²) in [6.07, 6.45) is 0.625. The molecule has 0 saturated heterocycles. The van der Waals surface area contributed by atoms with Gasteiger partial charge in [-0.3, -0.25) is 0 Å². The van der Waals surface area contributed by atoms with Crippen molar-refractivity contribution >= 4 is 28.5 Å². The second-order valence-corrected chi connectivity index (χ2v) is 5.82. The monoisotopic (exact) mass is 307 g/mol. The number of thiophene rings is 1. The van der Waals surface area contributed by atoms with Crippen LogP contribution in [0.4, 0.5) is 0 Å². The third-order valence-electron chi connectivity index (χ3n) is 2.62. The third-order valence-corrected chi connectivity index (χ3v) is 3.62. The van der Waals surface area contributed by atoms with E-state index in [0.717, 1.165) is 11.3 Å². The number of ether oxygens (including phenoxy) is 2. The molecule has 0 saturated carbocycles. The highest BCUT2D eigenvalue weighted by molar-refractivity contribution is 7.80. The fourth-order valence-corrected chi connectivity index (χ4v) is 2.50. The molecule has 0 amide bonds. The molecule has 0 fully saturated rings. The van der Waals surface area contributed by atoms with E-state index in [0.29, 0.717) is 31.2 Å². The van der Waals surface area contributed by atoms with Crippen LogP contribution in [-0.2, 0) is 17.8 Å². The summed E-state index contributed by atoms with van der Waals surface area (Å²) in [5, 5.41) is 2.05. The summed E-state index contributed by atoms with van der Waals surface area (Å²) < 4.78 is 11.1. The van der Waals surface area contributed by atoms with E-state index in [4.69, 9.17) is 27.4 Å². The van der Waals surface area contributed by atoms with Crippen molar-refractivity contribution in [1.29, 1.82) is 0 Å². The molecule has 0 unspecified atom stereocenters. The van der Waals surface area contributed by atoms with E-state index in [9.17, 15) is 0 Å². The summed E-state index contributed by atoms with van der Waals surface area (Å²) in [4.78, 5) is 1.73. The topological polar surface area (TPSA) is 44.5 Å². The van der Waals surface area contributed by atoms with Crippen molar-refractivity contribution in [3.05, 3.63) is 52.2 Å². The van der Waals surface area contributed by atoms with Gasteiger partial charge in [0.25, 0.3) is 0 Å². The van der Waals surface area contributed by atoms with E-state index < -0.39 is 0 Å². The molecule has 0 aliphatic heterocycles. The van der Waals surface area contributed by atoms with Gasteiger partial charge in [0.15, 0.2) is 0 Å². The molecule has 1 aromatic heterocycles. The predicted molar refractivity (Wildman–Crippen MR) is 86.4 cm³/mol. The van der Waals surface area contributed by atoms with Crippen LogP contribution in [0, 0.1) is 0 Å². The van der Waals surface area contributed by atoms with Gasteiger partial charge in [-0.2, -0.15) is 0 Å². The molecule has 0 bridgehead atoms. The van der Waals surface area contributed by atoms with Crippen LogP contribution in [0.2, 0.25) is 0 Å². The van der Waals surface area contributed by atoms with Gasteiger partial charge in [-0.15, -0.1) is 11.3 Å². The molecule has 0 aliphatic carbocycles. The normalized spacial score (nSPS) is 10.4. The highest BCUT2D eigenvalue weighted by atomic mass is 32.1. The molecule has 2 aromatic rings. The van der Waals surface area contributed by atoms with Crippen LogP contribution in [-0.4, -0.2) is 18.2 Å². The van der Waals surface area contributed by atoms with Crippen molar-refractivity contribution in [2.75, 3.05) is 13.2 Å². The van der Waals surface area contributed by atoms with Gasteiger partial charge >= 0.3 is 0 Å². The maximum Gasteiger partial charge on any atom is 0.119 e. The van der Waals surface area contributed by atoms with E-state index in [1.807, 2.05) is 35.7 Å². The van der Waals surface area contributed by atoms with Crippen molar-refractivity contribution < 1.29 is 9.47 Å². The smallest absolute Gasteiger partial charge is 0.119 e. The second kappa shape index (κ2) is 7.99. The van der Waals surface area contributed by atoms with Gasteiger partial charge in [-0.05, 0) is 29.1 Å². The first kappa shape index (κ1) is 15.0. The van der Waals surface area contributed by atoms with Gasteiger partial charge in [0.05, 0.1) is 18.2 Å². The first-order valence-corrected chi connectivity index (χ1v) is 7.63. The molecular formula is C15H17NO2S2. The Kier molecular flexibility index (Phi) is 5.98. The number of nitrogens with two attached hydrogens (primary N) is 1. The number of hydrogen-bond donors (Lipinski definition) is 1. The second-order valence-electron chi connectivity index (χ2n) is 4.27. The first-order chi connectivity index (χ1) is 9.74. The van der Waals surface area contributed by atoms with Crippen LogP contribution in [0.3, 0.4) is 0 Å². The number of rotatable bonds is 8. The molecule has 2 rings (SSSR count). The van der Waals surface area contributed by atoms with Gasteiger partial charge in [-0.25, -0.2) is 0 Å². The highest BCUT2D eigenvalue weighted by Gasteiger charge is 1.98. The molecule has 106 valence electrons. The molecule has 2 N–H and O–H groups in total. The zero-order valence-corrected chi connectivity index (χ0v) is 12.7. The first-order valence-electron chi connectivity index (χ1n) is 6.34. The Morgan fingerprint density at radius 3 is 2.60 bits per heavy atom. The zero-order chi connectivity index (χ0) is 14.2. The van der Waals surface area contributed by atoms with Crippen molar-refractivity contribution in [1.82, 2.24) is 0 Å². The Balaban J connectivity index is 1.65. The largest absolute Gasteiger partial charge is 0.491 e. The number of thiocarbonyl (C=S) groups is 1. The lowest BCUT2D eigenvalue weighted by molar-refractivity contribution is 0.0905. The van der Waals surface area contributed by atoms with Crippen LogP contribution in [0.1, 0.15) is 10.4 Å². The van der Waals surface area contributed by atoms with E-state index >= 15 is 0 Å². The number of hydrogen-bond acceptors (Lipinski definition) is 4. The fraction of sp³-hybridized carbons (Fsp3) is 0.267. The van der Waals surface area contributed by atoms with Gasteiger partial charge in [0.2, 0.25) is 0 Å². The van der Waals surface area contributed by atoms with E-state index in [-0.39, 0.29) is 0 Å². The summed E-state index contributed by atoms with van der Waals surface area (Å²) in [5.74, 6) is 0.830. The Morgan fingerprint density at radius 2 is 1.95 bits per heavy atom. The van der Waals surface area contributed by atoms with Gasteiger partial charge in [-0.1, -0.05) is 30.4 Å². The quantitative estimate of drug-likeness (QED) is 0.601. The van der Waals surface area contributed by atoms with E-state index in [1.54, 1.807) is 11.3 Å². The minimum atomic E-state index is 0.501. The summed E-state index contributed by atoms with van der Waals surface area (Å²) in [6.45, 7) is 1.76. The third kappa shape index (κ3) is 5.28. The van der Waals surface area contributed by atoms with Crippen LogP contribution < -0.4 is 10.5 Å². The standard InChI is InChI=1S/C15H17NO2S2/c16-15(19)10-12-3-5-13(6-4-12)18-8-7-17-11-14-2-1-9-20-14/h1-6,9H,7-8,10-11H2,(H2,16,19). The number of benzene rings is 1. The minimum Gasteiger partial charge on any atom is -0.491 e. The lowest BCUT2D eigenvalue weighted by Crippen LogP contribution is -2.11. The molecule has 5 heteroatoms. The van der Waals surface area contributed by atoms with Crippen molar-refractivity contribution in [3.8, 4) is 5.75 Å². The Morgan fingerprint density at radius 1 is 1.15 bits per heavy atom. The molecule has 0 spiro atoms. The molecule has 1 aromatic carbocycles. The summed E-state index contributed by atoms with van der Waals surface area (Å²) >= 11 is 6.57. The predicted octanol–water partition coefficient (Wildman–Crippen LogP) is 3.17. The summed E-state index contributed by atoms with van der Waals surface area (Å²) in [5.41, 5.74) is 6.60. The van der Waals surface area contributed by atoms with Crippen LogP contribution >= 0.6 is 23.6 Å². The van der Waals surface area contributed by atoms with Gasteiger partial charge in [0, 0.05) is 11.3 Å². The van der Waals surface area contributed by atoms with Crippen LogP contribution in [0.15, 0.2) is 41.8 Å². The summed E-state index contributed by atoms with van der Waals surface area (Å²) in [7, 11) is 0. The molecular weight excluding hydrogens is 290 g/mol.